The lowest BCUT2D eigenvalue weighted by atomic mass is 9.80. The van der Waals surface area contributed by atoms with Gasteiger partial charge in [0.15, 0.2) is 0 Å². The lowest BCUT2D eigenvalue weighted by Gasteiger charge is -2.32. The molecule has 0 aromatic carbocycles. The van der Waals surface area contributed by atoms with Crippen LogP contribution in [-0.4, -0.2) is 34.5 Å². The Hall–Kier alpha value is -0.820. The Labute approximate surface area is 97.6 Å². The summed E-state index contributed by atoms with van der Waals surface area (Å²) in [5.41, 5.74) is 5.11. The molecule has 0 bridgehead atoms. The van der Waals surface area contributed by atoms with Crippen LogP contribution >= 0.6 is 0 Å². The second-order valence-corrected chi connectivity index (χ2v) is 4.48. The van der Waals surface area contributed by atoms with E-state index >= 15 is 0 Å². The van der Waals surface area contributed by atoms with Gasteiger partial charge in [-0.2, -0.15) is 13.2 Å². The molecule has 0 atom stereocenters. The third-order valence-corrected chi connectivity index (χ3v) is 2.76. The third kappa shape index (κ3) is 7.17. The maximum absolute atomic E-state index is 10.6. The van der Waals surface area contributed by atoms with Gasteiger partial charge in [-0.25, -0.2) is 4.79 Å². The first-order valence-electron chi connectivity index (χ1n) is 5.31. The quantitative estimate of drug-likeness (QED) is 0.665. The molecule has 0 spiro atoms. The van der Waals surface area contributed by atoms with Crippen molar-refractivity contribution in [2.45, 2.75) is 44.4 Å². The molecule has 0 radical (unpaired) electrons. The molecule has 17 heavy (non-hydrogen) atoms. The Morgan fingerprint density at radius 2 is 1.76 bits per heavy atom. The monoisotopic (exact) mass is 257 g/mol. The van der Waals surface area contributed by atoms with Crippen molar-refractivity contribution < 1.29 is 28.2 Å². The van der Waals surface area contributed by atoms with Gasteiger partial charge in [0.1, 0.15) is 0 Å². The van der Waals surface area contributed by atoms with Crippen molar-refractivity contribution in [2.75, 3.05) is 6.54 Å². The summed E-state index contributed by atoms with van der Waals surface area (Å²) in [5.74, 6) is -2.09. The highest BCUT2D eigenvalue weighted by atomic mass is 19.4. The van der Waals surface area contributed by atoms with E-state index < -0.39 is 17.7 Å². The zero-order valence-corrected chi connectivity index (χ0v) is 9.63. The second kappa shape index (κ2) is 6.20. The minimum Gasteiger partial charge on any atom is -0.475 e. The van der Waals surface area contributed by atoms with E-state index in [1.807, 2.05) is 6.92 Å². The summed E-state index contributed by atoms with van der Waals surface area (Å²) in [6, 6.07) is 0. The number of aliphatic carboxylic acids is 1. The number of nitrogens with two attached hydrogens (primary N) is 1. The van der Waals surface area contributed by atoms with Gasteiger partial charge in [-0.3, -0.25) is 0 Å². The van der Waals surface area contributed by atoms with Crippen molar-refractivity contribution in [1.82, 2.24) is 0 Å². The van der Waals surface area contributed by atoms with Crippen LogP contribution in [0.25, 0.3) is 0 Å². The zero-order valence-electron chi connectivity index (χ0n) is 9.63. The van der Waals surface area contributed by atoms with Crippen LogP contribution in [0.1, 0.15) is 32.6 Å². The number of hydrogen-bond donors (Lipinski definition) is 3. The lowest BCUT2D eigenvalue weighted by Crippen LogP contribution is -2.32. The molecule has 0 saturated heterocycles. The molecule has 0 heterocycles. The number of aliphatic hydroxyl groups is 1. The van der Waals surface area contributed by atoms with Crippen molar-refractivity contribution in [2.24, 2.45) is 11.7 Å². The van der Waals surface area contributed by atoms with Crippen molar-refractivity contribution in [3.05, 3.63) is 0 Å². The summed E-state index contributed by atoms with van der Waals surface area (Å²) in [7, 11) is 0. The highest BCUT2D eigenvalue weighted by Crippen LogP contribution is 2.30. The number of alkyl halides is 3. The van der Waals surface area contributed by atoms with Crippen LogP contribution in [0.15, 0.2) is 0 Å². The van der Waals surface area contributed by atoms with Gasteiger partial charge in [0.2, 0.25) is 0 Å². The Bertz CT molecular complexity index is 244. The number of rotatable bonds is 1. The van der Waals surface area contributed by atoms with Gasteiger partial charge in [-0.05, 0) is 45.1 Å². The van der Waals surface area contributed by atoms with E-state index in [4.69, 9.17) is 15.6 Å². The van der Waals surface area contributed by atoms with E-state index in [1.54, 1.807) is 0 Å². The van der Waals surface area contributed by atoms with E-state index in [9.17, 15) is 18.3 Å². The van der Waals surface area contributed by atoms with E-state index in [0.717, 1.165) is 32.2 Å². The van der Waals surface area contributed by atoms with Crippen LogP contribution in [0.5, 0.6) is 0 Å². The summed E-state index contributed by atoms with van der Waals surface area (Å²) in [4.78, 5) is 8.90. The maximum Gasteiger partial charge on any atom is 0.490 e. The number of hydrogen-bond acceptors (Lipinski definition) is 3. The van der Waals surface area contributed by atoms with E-state index in [1.165, 1.54) is 0 Å². The Morgan fingerprint density at radius 3 is 2.00 bits per heavy atom. The average molecular weight is 257 g/mol. The summed E-state index contributed by atoms with van der Waals surface area (Å²) in [6.07, 6.45) is -1.03. The molecular weight excluding hydrogens is 239 g/mol. The van der Waals surface area contributed by atoms with E-state index in [0.29, 0.717) is 5.92 Å². The van der Waals surface area contributed by atoms with Gasteiger partial charge in [0.25, 0.3) is 0 Å². The van der Waals surface area contributed by atoms with Gasteiger partial charge >= 0.3 is 12.1 Å². The van der Waals surface area contributed by atoms with E-state index in [2.05, 4.69) is 0 Å². The highest BCUT2D eigenvalue weighted by molar-refractivity contribution is 5.73. The largest absolute Gasteiger partial charge is 0.490 e. The lowest BCUT2D eigenvalue weighted by molar-refractivity contribution is -0.192. The van der Waals surface area contributed by atoms with Gasteiger partial charge in [-0.1, -0.05) is 0 Å². The fourth-order valence-corrected chi connectivity index (χ4v) is 1.54. The van der Waals surface area contributed by atoms with Gasteiger partial charge in [0.05, 0.1) is 5.60 Å². The molecule has 1 fully saturated rings. The molecule has 1 saturated carbocycles. The molecular formula is C10H18F3NO3. The molecule has 0 unspecified atom stereocenters. The maximum atomic E-state index is 10.6. The summed E-state index contributed by atoms with van der Waals surface area (Å²) < 4.78 is 31.7. The fraction of sp³-hybridized carbons (Fsp3) is 0.900. The van der Waals surface area contributed by atoms with Crippen molar-refractivity contribution in [3.63, 3.8) is 0 Å². The highest BCUT2D eigenvalue weighted by Gasteiger charge is 2.38. The first-order chi connectivity index (χ1) is 7.58. The first kappa shape index (κ1) is 16.2. The summed E-state index contributed by atoms with van der Waals surface area (Å²) in [5, 5.41) is 16.7. The van der Waals surface area contributed by atoms with Crippen molar-refractivity contribution in [3.8, 4) is 0 Å². The molecule has 0 amide bonds. The molecule has 1 aliphatic carbocycles. The molecule has 7 heteroatoms. The number of carboxylic acids is 1. The third-order valence-electron chi connectivity index (χ3n) is 2.76. The van der Waals surface area contributed by atoms with Gasteiger partial charge < -0.3 is 15.9 Å². The van der Waals surface area contributed by atoms with Crippen LogP contribution < -0.4 is 5.73 Å². The smallest absolute Gasteiger partial charge is 0.475 e. The molecule has 0 aromatic rings. The molecule has 0 aliphatic heterocycles. The first-order valence-corrected chi connectivity index (χ1v) is 5.31. The SMILES string of the molecule is CC1(O)CCC(CN)CC1.O=C(O)C(F)(F)F. The molecule has 1 aliphatic rings. The van der Waals surface area contributed by atoms with Crippen molar-refractivity contribution >= 4 is 5.97 Å². The molecule has 1 rings (SSSR count). The number of carbonyl (C=O) groups is 1. The van der Waals surface area contributed by atoms with Gasteiger partial charge in [0, 0.05) is 0 Å². The molecule has 4 nitrogen and oxygen atoms in total. The predicted molar refractivity (Wildman–Crippen MR) is 55.3 cm³/mol. The topological polar surface area (TPSA) is 83.5 Å². The fourth-order valence-electron chi connectivity index (χ4n) is 1.54. The molecule has 4 N–H and O–H groups in total. The Morgan fingerprint density at radius 1 is 1.41 bits per heavy atom. The van der Waals surface area contributed by atoms with Crippen LogP contribution in [0, 0.1) is 5.92 Å². The minimum atomic E-state index is -5.08. The van der Waals surface area contributed by atoms with Gasteiger partial charge in [-0.15, -0.1) is 0 Å². The van der Waals surface area contributed by atoms with Crippen LogP contribution in [-0.2, 0) is 4.79 Å². The van der Waals surface area contributed by atoms with Crippen molar-refractivity contribution in [1.29, 1.82) is 0 Å². The Kier molecular flexibility index (Phi) is 5.91. The zero-order chi connectivity index (χ0) is 13.7. The molecule has 0 aromatic heterocycles. The average Bonchev–Trinajstić information content (AvgIpc) is 2.17. The second-order valence-electron chi connectivity index (χ2n) is 4.48. The number of carboxylic acid groups (broad SMARTS) is 1. The summed E-state index contributed by atoms with van der Waals surface area (Å²) >= 11 is 0. The number of halogens is 3. The van der Waals surface area contributed by atoms with Crippen LogP contribution in [0.2, 0.25) is 0 Å². The predicted octanol–water partition coefficient (Wildman–Crippen LogP) is 1.52. The minimum absolute atomic E-state index is 0.397. The summed E-state index contributed by atoms with van der Waals surface area (Å²) in [6.45, 7) is 2.70. The van der Waals surface area contributed by atoms with E-state index in [-0.39, 0.29) is 0 Å². The van der Waals surface area contributed by atoms with Crippen LogP contribution in [0.3, 0.4) is 0 Å². The van der Waals surface area contributed by atoms with Crippen LogP contribution in [0.4, 0.5) is 13.2 Å². The normalized spacial score (nSPS) is 29.2. The Balaban J connectivity index is 0.000000325. The molecule has 102 valence electrons. The standard InChI is InChI=1S/C8H17NO.C2HF3O2/c1-8(10)4-2-7(6-9)3-5-8;3-2(4,5)1(6)7/h7,10H,2-6,9H2,1H3;(H,6,7).